The van der Waals surface area contributed by atoms with Crippen LogP contribution in [0.1, 0.15) is 12.5 Å². The third-order valence-electron chi connectivity index (χ3n) is 1.53. The number of anilines is 1. The summed E-state index contributed by atoms with van der Waals surface area (Å²) in [7, 11) is 0. The first-order valence-electron chi connectivity index (χ1n) is 3.97. The van der Waals surface area contributed by atoms with Crippen molar-refractivity contribution in [3.05, 3.63) is 22.8 Å². The van der Waals surface area contributed by atoms with Crippen LogP contribution in [-0.2, 0) is 0 Å². The van der Waals surface area contributed by atoms with Gasteiger partial charge < -0.3 is 5.32 Å². The molecule has 1 heterocycles. The third-order valence-corrected chi connectivity index (χ3v) is 1.91. The van der Waals surface area contributed by atoms with E-state index in [1.807, 2.05) is 6.07 Å². The van der Waals surface area contributed by atoms with Crippen molar-refractivity contribution < 1.29 is 0 Å². The van der Waals surface area contributed by atoms with Crippen LogP contribution < -0.4 is 5.32 Å². The third kappa shape index (κ3) is 2.39. The molecule has 4 heteroatoms. The van der Waals surface area contributed by atoms with Crippen LogP contribution in [0.2, 0.25) is 5.02 Å². The number of pyridine rings is 1. The lowest BCUT2D eigenvalue weighted by molar-refractivity contribution is 1.24. The fraction of sp³-hybridized carbons (Fsp3) is 0.200. The molecule has 14 heavy (non-hydrogen) atoms. The Morgan fingerprint density at radius 2 is 2.43 bits per heavy atom. The molecule has 1 aromatic rings. The topological polar surface area (TPSA) is 48.7 Å². The summed E-state index contributed by atoms with van der Waals surface area (Å²) in [4.78, 5) is 4.00. The first-order chi connectivity index (χ1) is 6.79. The second-order valence-electron chi connectivity index (χ2n) is 2.41. The van der Waals surface area contributed by atoms with E-state index in [0.717, 1.165) is 0 Å². The lowest BCUT2D eigenvalue weighted by Gasteiger charge is -2.03. The Labute approximate surface area is 87.7 Å². The molecule has 0 unspecified atom stereocenters. The maximum absolute atomic E-state index is 8.70. The van der Waals surface area contributed by atoms with Gasteiger partial charge in [0.2, 0.25) is 0 Å². The lowest BCUT2D eigenvalue weighted by Crippen LogP contribution is -2.02. The van der Waals surface area contributed by atoms with E-state index >= 15 is 0 Å². The molecule has 0 aromatic carbocycles. The minimum absolute atomic E-state index is 0.341. The van der Waals surface area contributed by atoms with Crippen LogP contribution in [-0.4, -0.2) is 11.5 Å². The van der Waals surface area contributed by atoms with Crippen molar-refractivity contribution in [1.29, 1.82) is 5.26 Å². The average Bonchev–Trinajstić information content (AvgIpc) is 2.21. The maximum atomic E-state index is 8.70. The molecule has 3 nitrogen and oxygen atoms in total. The van der Waals surface area contributed by atoms with Crippen LogP contribution in [0.3, 0.4) is 0 Å². The Kier molecular flexibility index (Phi) is 3.79. The molecule has 0 saturated heterocycles. The van der Waals surface area contributed by atoms with E-state index in [0.29, 0.717) is 22.9 Å². The van der Waals surface area contributed by atoms with Gasteiger partial charge in [-0.3, -0.25) is 0 Å². The van der Waals surface area contributed by atoms with Crippen LogP contribution in [0, 0.1) is 23.2 Å². The van der Waals surface area contributed by atoms with Gasteiger partial charge >= 0.3 is 0 Å². The van der Waals surface area contributed by atoms with Gasteiger partial charge in [-0.2, -0.15) is 5.26 Å². The fourth-order valence-electron chi connectivity index (χ4n) is 0.870. The SMILES string of the molecule is CC#CCNc1nccc(C#N)c1Cl. The van der Waals surface area contributed by atoms with Gasteiger partial charge in [-0.25, -0.2) is 4.98 Å². The zero-order valence-electron chi connectivity index (χ0n) is 7.63. The molecule has 1 N–H and O–H groups in total. The highest BCUT2D eigenvalue weighted by atomic mass is 35.5. The summed E-state index contributed by atoms with van der Waals surface area (Å²) in [5.41, 5.74) is 0.411. The van der Waals surface area contributed by atoms with Gasteiger partial charge in [0.25, 0.3) is 0 Å². The maximum Gasteiger partial charge on any atom is 0.146 e. The molecule has 0 atom stereocenters. The van der Waals surface area contributed by atoms with Gasteiger partial charge in [0.1, 0.15) is 16.9 Å². The van der Waals surface area contributed by atoms with Gasteiger partial charge in [-0.05, 0) is 13.0 Å². The van der Waals surface area contributed by atoms with Crippen molar-refractivity contribution in [3.63, 3.8) is 0 Å². The number of nitrogens with zero attached hydrogens (tertiary/aromatic N) is 2. The Balaban J connectivity index is 2.86. The summed E-state index contributed by atoms with van der Waals surface area (Å²) >= 11 is 5.89. The van der Waals surface area contributed by atoms with Crippen molar-refractivity contribution in [3.8, 4) is 17.9 Å². The summed E-state index contributed by atoms with van der Waals surface area (Å²) in [6, 6.07) is 3.55. The summed E-state index contributed by atoms with van der Waals surface area (Å²) in [6.45, 7) is 2.22. The van der Waals surface area contributed by atoms with Gasteiger partial charge in [-0.15, -0.1) is 5.92 Å². The van der Waals surface area contributed by atoms with Crippen LogP contribution in [0.15, 0.2) is 12.3 Å². The normalized spacial score (nSPS) is 8.36. The van der Waals surface area contributed by atoms with Gasteiger partial charge in [0.05, 0.1) is 12.1 Å². The molecule has 0 aliphatic rings. The number of rotatable bonds is 2. The van der Waals surface area contributed by atoms with E-state index in [-0.39, 0.29) is 0 Å². The number of nitrogens with one attached hydrogen (secondary N) is 1. The van der Waals surface area contributed by atoms with E-state index < -0.39 is 0 Å². The quantitative estimate of drug-likeness (QED) is 0.752. The number of halogens is 1. The first kappa shape index (κ1) is 10.4. The van der Waals surface area contributed by atoms with Gasteiger partial charge in [0, 0.05) is 6.20 Å². The predicted molar refractivity (Wildman–Crippen MR) is 55.9 cm³/mol. The van der Waals surface area contributed by atoms with E-state index in [1.54, 1.807) is 13.0 Å². The summed E-state index contributed by atoms with van der Waals surface area (Å²) in [5.74, 6) is 6.05. The highest BCUT2D eigenvalue weighted by Gasteiger charge is 2.05. The monoisotopic (exact) mass is 205 g/mol. The van der Waals surface area contributed by atoms with E-state index in [4.69, 9.17) is 16.9 Å². The number of aromatic nitrogens is 1. The Morgan fingerprint density at radius 1 is 1.64 bits per heavy atom. The van der Waals surface area contributed by atoms with Gasteiger partial charge in [-0.1, -0.05) is 17.5 Å². The summed E-state index contributed by atoms with van der Waals surface area (Å²) in [6.07, 6.45) is 1.53. The van der Waals surface area contributed by atoms with Crippen molar-refractivity contribution in [2.45, 2.75) is 6.92 Å². The van der Waals surface area contributed by atoms with E-state index in [1.165, 1.54) is 6.20 Å². The summed E-state index contributed by atoms with van der Waals surface area (Å²) < 4.78 is 0. The minimum atomic E-state index is 0.341. The van der Waals surface area contributed by atoms with Crippen molar-refractivity contribution >= 4 is 17.4 Å². The Morgan fingerprint density at radius 3 is 3.07 bits per heavy atom. The Hall–Kier alpha value is -1.71. The Bertz CT molecular complexity index is 423. The minimum Gasteiger partial charge on any atom is -0.358 e. The number of nitriles is 1. The average molecular weight is 206 g/mol. The van der Waals surface area contributed by atoms with Crippen molar-refractivity contribution in [2.75, 3.05) is 11.9 Å². The predicted octanol–water partition coefficient (Wildman–Crippen LogP) is 2.04. The fourth-order valence-corrected chi connectivity index (χ4v) is 1.09. The highest BCUT2D eigenvalue weighted by molar-refractivity contribution is 6.34. The molecular weight excluding hydrogens is 198 g/mol. The molecule has 0 fully saturated rings. The molecule has 1 aromatic heterocycles. The van der Waals surface area contributed by atoms with Crippen LogP contribution in [0.4, 0.5) is 5.82 Å². The standard InChI is InChI=1S/C10H8ClN3/c1-2-3-5-13-10-9(11)8(7-12)4-6-14-10/h4,6H,5H2,1H3,(H,13,14). The smallest absolute Gasteiger partial charge is 0.146 e. The molecule has 0 amide bonds. The van der Waals surface area contributed by atoms with Crippen LogP contribution >= 0.6 is 11.6 Å². The van der Waals surface area contributed by atoms with Crippen molar-refractivity contribution in [2.24, 2.45) is 0 Å². The molecule has 0 saturated carbocycles. The van der Waals surface area contributed by atoms with Crippen LogP contribution in [0.25, 0.3) is 0 Å². The highest BCUT2D eigenvalue weighted by Crippen LogP contribution is 2.22. The van der Waals surface area contributed by atoms with E-state index in [9.17, 15) is 0 Å². The molecule has 0 bridgehead atoms. The largest absolute Gasteiger partial charge is 0.358 e. The number of hydrogen-bond donors (Lipinski definition) is 1. The lowest BCUT2D eigenvalue weighted by atomic mass is 10.3. The van der Waals surface area contributed by atoms with Gasteiger partial charge in [0.15, 0.2) is 0 Å². The summed E-state index contributed by atoms with van der Waals surface area (Å²) in [5, 5.41) is 12.0. The second kappa shape index (κ2) is 5.11. The van der Waals surface area contributed by atoms with E-state index in [2.05, 4.69) is 22.1 Å². The molecule has 0 aliphatic heterocycles. The molecular formula is C10H8ClN3. The second-order valence-corrected chi connectivity index (χ2v) is 2.79. The first-order valence-corrected chi connectivity index (χ1v) is 4.35. The molecule has 0 aliphatic carbocycles. The zero-order chi connectivity index (χ0) is 10.4. The molecule has 1 rings (SSSR count). The van der Waals surface area contributed by atoms with Crippen LogP contribution in [0.5, 0.6) is 0 Å². The molecule has 0 radical (unpaired) electrons. The number of hydrogen-bond acceptors (Lipinski definition) is 3. The molecule has 0 spiro atoms. The zero-order valence-corrected chi connectivity index (χ0v) is 8.39. The molecule has 70 valence electrons. The van der Waals surface area contributed by atoms with Crippen molar-refractivity contribution in [1.82, 2.24) is 4.98 Å².